The van der Waals surface area contributed by atoms with Gasteiger partial charge in [0.2, 0.25) is 15.9 Å². The van der Waals surface area contributed by atoms with Gasteiger partial charge in [-0.3, -0.25) is 9.10 Å². The lowest BCUT2D eigenvalue weighted by Gasteiger charge is -2.22. The molecule has 0 heterocycles. The number of hydrogen-bond acceptors (Lipinski definition) is 5. The van der Waals surface area contributed by atoms with Crippen LogP contribution in [0.3, 0.4) is 0 Å². The van der Waals surface area contributed by atoms with Gasteiger partial charge in [0, 0.05) is 11.0 Å². The lowest BCUT2D eigenvalue weighted by Crippen LogP contribution is -2.40. The Morgan fingerprint density at radius 2 is 1.71 bits per heavy atom. The number of nitrogens with zero attached hydrogens (tertiary/aromatic N) is 1. The Labute approximate surface area is 173 Å². The van der Waals surface area contributed by atoms with Crippen molar-refractivity contribution in [2.75, 3.05) is 37.9 Å². The van der Waals surface area contributed by atoms with Crippen LogP contribution >= 0.6 is 15.9 Å². The van der Waals surface area contributed by atoms with Crippen LogP contribution in [0.15, 0.2) is 46.9 Å². The zero-order valence-electron chi connectivity index (χ0n) is 15.9. The maximum absolute atomic E-state index is 12.3. The quantitative estimate of drug-likeness (QED) is 0.608. The van der Waals surface area contributed by atoms with Crippen LogP contribution < -0.4 is 19.1 Å². The van der Waals surface area contributed by atoms with Gasteiger partial charge >= 0.3 is 0 Å². The Morgan fingerprint density at radius 1 is 1.07 bits per heavy atom. The lowest BCUT2D eigenvalue weighted by atomic mass is 10.1. The molecule has 28 heavy (non-hydrogen) atoms. The second kappa shape index (κ2) is 9.79. The van der Waals surface area contributed by atoms with E-state index in [0.717, 1.165) is 20.6 Å². The van der Waals surface area contributed by atoms with Crippen LogP contribution in [0.4, 0.5) is 5.69 Å². The van der Waals surface area contributed by atoms with E-state index in [2.05, 4.69) is 21.2 Å². The van der Waals surface area contributed by atoms with Crippen molar-refractivity contribution in [3.63, 3.8) is 0 Å². The molecule has 2 aromatic carbocycles. The van der Waals surface area contributed by atoms with Crippen molar-refractivity contribution in [2.24, 2.45) is 0 Å². The van der Waals surface area contributed by atoms with Crippen LogP contribution in [0.5, 0.6) is 11.5 Å². The van der Waals surface area contributed by atoms with Gasteiger partial charge in [0.15, 0.2) is 11.5 Å². The first-order valence-corrected chi connectivity index (χ1v) is 11.1. The van der Waals surface area contributed by atoms with Gasteiger partial charge in [-0.2, -0.15) is 0 Å². The van der Waals surface area contributed by atoms with Gasteiger partial charge in [-0.05, 0) is 48.4 Å². The molecule has 0 saturated heterocycles. The number of nitrogens with one attached hydrogen (secondary N) is 1. The van der Waals surface area contributed by atoms with Gasteiger partial charge in [-0.1, -0.05) is 22.0 Å². The van der Waals surface area contributed by atoms with Crippen molar-refractivity contribution < 1.29 is 22.7 Å². The third-order valence-corrected chi connectivity index (χ3v) is 5.66. The molecule has 2 rings (SSSR count). The normalized spacial score (nSPS) is 11.0. The highest BCUT2D eigenvalue weighted by molar-refractivity contribution is 9.10. The summed E-state index contributed by atoms with van der Waals surface area (Å²) in [6.07, 6.45) is 1.65. The lowest BCUT2D eigenvalue weighted by molar-refractivity contribution is -0.119. The van der Waals surface area contributed by atoms with Crippen LogP contribution in [0, 0.1) is 0 Å². The van der Waals surface area contributed by atoms with Crippen molar-refractivity contribution in [2.45, 2.75) is 6.42 Å². The Kier molecular flexibility index (Phi) is 7.70. The topological polar surface area (TPSA) is 84.9 Å². The number of carbonyl (C=O) groups is 1. The smallest absolute Gasteiger partial charge is 0.240 e. The number of amides is 1. The molecule has 0 spiro atoms. The molecule has 7 nitrogen and oxygen atoms in total. The maximum atomic E-state index is 12.3. The van der Waals surface area contributed by atoms with Crippen molar-refractivity contribution in [1.82, 2.24) is 5.32 Å². The molecular formula is C19H23BrN2O5S. The largest absolute Gasteiger partial charge is 0.493 e. The fourth-order valence-electron chi connectivity index (χ4n) is 2.58. The summed E-state index contributed by atoms with van der Waals surface area (Å²) in [6, 6.07) is 12.3. The number of hydrogen-bond donors (Lipinski definition) is 1. The highest BCUT2D eigenvalue weighted by Crippen LogP contribution is 2.27. The molecule has 0 atom stereocenters. The van der Waals surface area contributed by atoms with E-state index in [1.165, 1.54) is 0 Å². The number of benzene rings is 2. The van der Waals surface area contributed by atoms with E-state index in [1.807, 2.05) is 12.1 Å². The molecule has 2 aromatic rings. The molecule has 0 saturated carbocycles. The second-order valence-electron chi connectivity index (χ2n) is 6.04. The average molecular weight is 471 g/mol. The van der Waals surface area contributed by atoms with Gasteiger partial charge in [-0.25, -0.2) is 8.42 Å². The van der Waals surface area contributed by atoms with E-state index in [1.54, 1.807) is 44.6 Å². The molecule has 0 unspecified atom stereocenters. The first-order valence-electron chi connectivity index (χ1n) is 8.45. The monoisotopic (exact) mass is 470 g/mol. The number of carbonyl (C=O) groups excluding carboxylic acids is 1. The van der Waals surface area contributed by atoms with Gasteiger partial charge in [0.25, 0.3) is 0 Å². The van der Waals surface area contributed by atoms with E-state index in [-0.39, 0.29) is 12.5 Å². The maximum Gasteiger partial charge on any atom is 0.240 e. The molecular weight excluding hydrogens is 448 g/mol. The van der Waals surface area contributed by atoms with E-state index >= 15 is 0 Å². The SMILES string of the molecule is COc1ccc(CCNC(=O)CN(c2ccc(Br)cc2)S(C)(=O)=O)cc1OC. The molecule has 0 bridgehead atoms. The van der Waals surface area contributed by atoms with Crippen LogP contribution in [0.2, 0.25) is 0 Å². The zero-order chi connectivity index (χ0) is 20.7. The summed E-state index contributed by atoms with van der Waals surface area (Å²) in [6.45, 7) is 0.0820. The third kappa shape index (κ3) is 6.13. The number of anilines is 1. The summed E-state index contributed by atoms with van der Waals surface area (Å²) >= 11 is 3.31. The van der Waals surface area contributed by atoms with E-state index < -0.39 is 10.0 Å². The van der Waals surface area contributed by atoms with Gasteiger partial charge in [-0.15, -0.1) is 0 Å². The highest BCUT2D eigenvalue weighted by Gasteiger charge is 2.20. The zero-order valence-corrected chi connectivity index (χ0v) is 18.3. The number of halogens is 1. The van der Waals surface area contributed by atoms with Gasteiger partial charge < -0.3 is 14.8 Å². The van der Waals surface area contributed by atoms with Gasteiger partial charge in [0.1, 0.15) is 6.54 Å². The van der Waals surface area contributed by atoms with Crippen LogP contribution in [0.1, 0.15) is 5.56 Å². The summed E-state index contributed by atoms with van der Waals surface area (Å²) < 4.78 is 36.5. The van der Waals surface area contributed by atoms with Crippen LogP contribution in [-0.4, -0.2) is 47.9 Å². The molecule has 0 aliphatic rings. The number of sulfonamides is 1. The molecule has 1 amide bonds. The van der Waals surface area contributed by atoms with E-state index in [4.69, 9.17) is 9.47 Å². The fraction of sp³-hybridized carbons (Fsp3) is 0.316. The Morgan fingerprint density at radius 3 is 2.29 bits per heavy atom. The predicted octanol–water partition coefficient (Wildman–Crippen LogP) is 2.59. The molecule has 152 valence electrons. The Bertz CT molecular complexity index is 916. The van der Waals surface area contributed by atoms with Crippen LogP contribution in [0.25, 0.3) is 0 Å². The highest BCUT2D eigenvalue weighted by atomic mass is 79.9. The molecule has 0 aromatic heterocycles. The predicted molar refractivity (Wildman–Crippen MR) is 113 cm³/mol. The minimum atomic E-state index is -3.59. The minimum Gasteiger partial charge on any atom is -0.493 e. The van der Waals surface area contributed by atoms with E-state index in [0.29, 0.717) is 30.2 Å². The van der Waals surface area contributed by atoms with Crippen molar-refractivity contribution in [3.8, 4) is 11.5 Å². The number of ether oxygens (including phenoxy) is 2. The molecule has 0 aliphatic carbocycles. The van der Waals surface area contributed by atoms with Gasteiger partial charge in [0.05, 0.1) is 26.2 Å². The Hall–Kier alpha value is -2.26. The standard InChI is InChI=1S/C19H23BrN2O5S/c1-26-17-9-4-14(12-18(17)27-2)10-11-21-19(23)13-22(28(3,24)25)16-7-5-15(20)6-8-16/h4-9,12H,10-11,13H2,1-3H3,(H,21,23). The Balaban J connectivity index is 1.97. The van der Waals surface area contributed by atoms with Crippen molar-refractivity contribution in [3.05, 3.63) is 52.5 Å². The average Bonchev–Trinajstić information content (AvgIpc) is 2.66. The van der Waals surface area contributed by atoms with Crippen LogP contribution in [-0.2, 0) is 21.2 Å². The van der Waals surface area contributed by atoms with Crippen molar-refractivity contribution >= 4 is 37.5 Å². The fourth-order valence-corrected chi connectivity index (χ4v) is 3.70. The molecule has 0 aliphatic heterocycles. The molecule has 0 radical (unpaired) electrons. The summed E-state index contributed by atoms with van der Waals surface area (Å²) in [4.78, 5) is 12.3. The van der Waals surface area contributed by atoms with E-state index in [9.17, 15) is 13.2 Å². The first-order chi connectivity index (χ1) is 13.2. The second-order valence-corrected chi connectivity index (χ2v) is 8.86. The molecule has 0 fully saturated rings. The minimum absolute atomic E-state index is 0.285. The number of rotatable bonds is 9. The molecule has 1 N–H and O–H groups in total. The third-order valence-electron chi connectivity index (χ3n) is 3.99. The summed E-state index contributed by atoms with van der Waals surface area (Å²) in [7, 11) is -0.466. The first kappa shape index (κ1) is 22.0. The summed E-state index contributed by atoms with van der Waals surface area (Å²) in [5.41, 5.74) is 1.39. The summed E-state index contributed by atoms with van der Waals surface area (Å²) in [5.74, 6) is 0.868. The van der Waals surface area contributed by atoms with Crippen molar-refractivity contribution in [1.29, 1.82) is 0 Å². The summed E-state index contributed by atoms with van der Waals surface area (Å²) in [5, 5.41) is 2.75. The number of methoxy groups -OCH3 is 2. The molecule has 9 heteroatoms.